The monoisotopic (exact) mass is 374 g/mol. The molecular weight excluding hydrogens is 348 g/mol. The lowest BCUT2D eigenvalue weighted by molar-refractivity contribution is -0.122. The van der Waals surface area contributed by atoms with Crippen molar-refractivity contribution >= 4 is 22.6 Å². The number of pyridine rings is 1. The Balaban J connectivity index is 1.52. The smallest absolute Gasteiger partial charge is 0.235 e. The van der Waals surface area contributed by atoms with Crippen LogP contribution in [0.2, 0.25) is 0 Å². The Morgan fingerprint density at radius 1 is 1.14 bits per heavy atom. The fourth-order valence-electron chi connectivity index (χ4n) is 4.86. The Morgan fingerprint density at radius 2 is 1.96 bits per heavy atom. The highest BCUT2D eigenvalue weighted by atomic mass is 16.2. The highest BCUT2D eigenvalue weighted by Crippen LogP contribution is 2.46. The van der Waals surface area contributed by atoms with Gasteiger partial charge in [0.25, 0.3) is 0 Å². The second-order valence-electron chi connectivity index (χ2n) is 8.02. The number of aromatic nitrogens is 2. The molecule has 144 valence electrons. The van der Waals surface area contributed by atoms with Gasteiger partial charge < -0.3 is 15.2 Å². The molecule has 3 aromatic rings. The van der Waals surface area contributed by atoms with E-state index in [1.807, 2.05) is 12.4 Å². The van der Waals surface area contributed by atoms with E-state index in [2.05, 4.69) is 58.3 Å². The summed E-state index contributed by atoms with van der Waals surface area (Å²) in [7, 11) is 0. The summed E-state index contributed by atoms with van der Waals surface area (Å²) < 4.78 is 0. The minimum Gasteiger partial charge on any atom is -0.346 e. The van der Waals surface area contributed by atoms with E-state index in [9.17, 15) is 4.79 Å². The van der Waals surface area contributed by atoms with Crippen molar-refractivity contribution in [2.24, 2.45) is 0 Å². The first-order valence-corrected chi connectivity index (χ1v) is 10.3. The van der Waals surface area contributed by atoms with Crippen LogP contribution in [-0.2, 0) is 16.6 Å². The molecule has 0 atom stereocenters. The zero-order valence-corrected chi connectivity index (χ0v) is 16.5. The van der Waals surface area contributed by atoms with Crippen LogP contribution in [0.3, 0.4) is 0 Å². The second-order valence-corrected chi connectivity index (χ2v) is 8.02. The molecule has 0 bridgehead atoms. The maximum atomic E-state index is 12.9. The van der Waals surface area contributed by atoms with Crippen molar-refractivity contribution in [3.63, 3.8) is 0 Å². The van der Waals surface area contributed by atoms with Crippen LogP contribution in [0.25, 0.3) is 22.2 Å². The molecule has 2 aliphatic rings. The van der Waals surface area contributed by atoms with Crippen LogP contribution in [0.5, 0.6) is 0 Å². The van der Waals surface area contributed by atoms with E-state index < -0.39 is 0 Å². The molecule has 0 unspecified atom stereocenters. The predicted molar refractivity (Wildman–Crippen MR) is 113 cm³/mol. The van der Waals surface area contributed by atoms with E-state index >= 15 is 0 Å². The quantitative estimate of drug-likeness (QED) is 0.726. The molecule has 2 aliphatic heterocycles. The number of piperidine rings is 1. The van der Waals surface area contributed by atoms with Gasteiger partial charge in [-0.1, -0.05) is 26.0 Å². The zero-order valence-electron chi connectivity index (χ0n) is 16.5. The summed E-state index contributed by atoms with van der Waals surface area (Å²) in [4.78, 5) is 23.2. The van der Waals surface area contributed by atoms with Crippen molar-refractivity contribution in [2.75, 3.05) is 25.0 Å². The second kappa shape index (κ2) is 6.45. The minimum atomic E-state index is -0.349. The molecule has 5 nitrogen and oxygen atoms in total. The number of H-pyrrole nitrogens is 1. The van der Waals surface area contributed by atoms with Crippen molar-refractivity contribution < 1.29 is 4.79 Å². The number of fused-ring (bicyclic) bond motifs is 3. The van der Waals surface area contributed by atoms with Gasteiger partial charge >= 0.3 is 0 Å². The molecule has 0 aliphatic carbocycles. The predicted octanol–water partition coefficient (Wildman–Crippen LogP) is 4.10. The van der Waals surface area contributed by atoms with Crippen LogP contribution >= 0.6 is 0 Å². The number of hydrogen-bond donors (Lipinski definition) is 2. The number of rotatable bonds is 3. The number of nitrogens with zero attached hydrogens (tertiary/aromatic N) is 2. The van der Waals surface area contributed by atoms with Crippen LogP contribution in [0, 0.1) is 0 Å². The van der Waals surface area contributed by atoms with E-state index in [1.165, 1.54) is 16.5 Å². The van der Waals surface area contributed by atoms with Gasteiger partial charge in [-0.05, 0) is 67.7 Å². The first kappa shape index (κ1) is 17.4. The van der Waals surface area contributed by atoms with Gasteiger partial charge in [0.2, 0.25) is 5.91 Å². The first-order valence-electron chi connectivity index (χ1n) is 10.3. The highest BCUT2D eigenvalue weighted by molar-refractivity contribution is 6.07. The number of benzene rings is 1. The largest absolute Gasteiger partial charge is 0.346 e. The van der Waals surface area contributed by atoms with Crippen LogP contribution in [0.1, 0.15) is 37.8 Å². The van der Waals surface area contributed by atoms with Crippen molar-refractivity contribution in [1.82, 2.24) is 14.9 Å². The van der Waals surface area contributed by atoms with Crippen LogP contribution in [0.15, 0.2) is 36.7 Å². The minimum absolute atomic E-state index is 0.169. The molecule has 5 rings (SSSR count). The van der Waals surface area contributed by atoms with Crippen LogP contribution in [-0.4, -0.2) is 40.4 Å². The molecule has 0 saturated carbocycles. The molecule has 28 heavy (non-hydrogen) atoms. The third-order valence-corrected chi connectivity index (χ3v) is 6.71. The lowest BCUT2D eigenvalue weighted by atomic mass is 9.73. The third kappa shape index (κ3) is 2.49. The van der Waals surface area contributed by atoms with E-state index in [-0.39, 0.29) is 11.3 Å². The van der Waals surface area contributed by atoms with Crippen molar-refractivity contribution in [3.8, 4) is 11.1 Å². The van der Waals surface area contributed by atoms with Crippen molar-refractivity contribution in [2.45, 2.75) is 38.5 Å². The van der Waals surface area contributed by atoms with Gasteiger partial charge in [0.15, 0.2) is 0 Å². The first-order chi connectivity index (χ1) is 13.6. The molecule has 5 heteroatoms. The molecule has 2 aromatic heterocycles. The molecular formula is C23H26N4O. The van der Waals surface area contributed by atoms with Gasteiger partial charge in [0, 0.05) is 29.0 Å². The summed E-state index contributed by atoms with van der Waals surface area (Å²) in [6.07, 6.45) is 6.72. The average Bonchev–Trinajstić information content (AvgIpc) is 3.26. The molecule has 1 saturated heterocycles. The normalized spacial score (nSPS) is 18.6. The molecule has 0 radical (unpaired) electrons. The highest BCUT2D eigenvalue weighted by Gasteiger charge is 2.48. The standard InChI is InChI=1S/C23H26N4O/c1-3-15-13-24-21-18(15)11-17(14-25-21)16-5-6-19-20(12-16)26-22(28)23(19)7-9-27(4-2)10-8-23/h5-6,11-14H,3-4,7-10H2,1-2H3,(H,24,25)(H,26,28). The van der Waals surface area contributed by atoms with Gasteiger partial charge in [-0.2, -0.15) is 0 Å². The van der Waals surface area contributed by atoms with Crippen LogP contribution in [0.4, 0.5) is 5.69 Å². The summed E-state index contributed by atoms with van der Waals surface area (Å²) in [5.41, 5.74) is 6.18. The molecule has 1 fully saturated rings. The van der Waals surface area contributed by atoms with Crippen molar-refractivity contribution in [1.29, 1.82) is 0 Å². The number of hydrogen-bond acceptors (Lipinski definition) is 3. The van der Waals surface area contributed by atoms with Gasteiger partial charge in [0.05, 0.1) is 5.41 Å². The Kier molecular flexibility index (Phi) is 4.02. The summed E-state index contributed by atoms with van der Waals surface area (Å²) in [5.74, 6) is 0.169. The molecule has 2 N–H and O–H groups in total. The molecule has 4 heterocycles. The Morgan fingerprint density at radius 3 is 2.71 bits per heavy atom. The van der Waals surface area contributed by atoms with E-state index in [1.54, 1.807) is 0 Å². The zero-order chi connectivity index (χ0) is 19.3. The maximum Gasteiger partial charge on any atom is 0.235 e. The maximum absolute atomic E-state index is 12.9. The summed E-state index contributed by atoms with van der Waals surface area (Å²) >= 11 is 0. The van der Waals surface area contributed by atoms with Gasteiger partial charge in [0.1, 0.15) is 5.65 Å². The fourth-order valence-corrected chi connectivity index (χ4v) is 4.86. The number of likely N-dealkylation sites (tertiary alicyclic amines) is 1. The number of anilines is 1. The van der Waals surface area contributed by atoms with Gasteiger partial charge in [-0.25, -0.2) is 4.98 Å². The van der Waals surface area contributed by atoms with Crippen molar-refractivity contribution in [3.05, 3.63) is 47.8 Å². The lowest BCUT2D eigenvalue weighted by Gasteiger charge is -2.37. The summed E-state index contributed by atoms with van der Waals surface area (Å²) in [6.45, 7) is 7.37. The third-order valence-electron chi connectivity index (χ3n) is 6.71. The number of carbonyl (C=O) groups is 1. The van der Waals surface area contributed by atoms with E-state index in [0.29, 0.717) is 0 Å². The summed E-state index contributed by atoms with van der Waals surface area (Å²) in [5, 5.41) is 4.35. The van der Waals surface area contributed by atoms with E-state index in [0.717, 1.165) is 61.4 Å². The number of nitrogens with one attached hydrogen (secondary N) is 2. The van der Waals surface area contributed by atoms with Gasteiger partial charge in [-0.3, -0.25) is 4.79 Å². The molecule has 1 amide bonds. The van der Waals surface area contributed by atoms with Gasteiger partial charge in [-0.15, -0.1) is 0 Å². The van der Waals surface area contributed by atoms with E-state index in [4.69, 9.17) is 0 Å². The molecule has 1 spiro atoms. The Hall–Kier alpha value is -2.66. The Labute approximate surface area is 165 Å². The fraction of sp³-hybridized carbons (Fsp3) is 0.391. The number of aryl methyl sites for hydroxylation is 1. The number of amides is 1. The lowest BCUT2D eigenvalue weighted by Crippen LogP contribution is -2.46. The molecule has 1 aromatic carbocycles. The topological polar surface area (TPSA) is 61.0 Å². The summed E-state index contributed by atoms with van der Waals surface area (Å²) in [6, 6.07) is 8.63. The SMILES string of the molecule is CCc1c[nH]c2ncc(-c3ccc4c(c3)NC(=O)C43CCN(CC)CC3)cc12. The Bertz CT molecular complexity index is 1060. The number of carbonyl (C=O) groups excluding carboxylic acids is 1. The van der Waals surface area contributed by atoms with Crippen LogP contribution < -0.4 is 5.32 Å². The average molecular weight is 374 g/mol. The number of aromatic amines is 1.